The molecule has 1 amide bonds. The Labute approximate surface area is 110 Å². The van der Waals surface area contributed by atoms with Crippen molar-refractivity contribution in [3.8, 4) is 0 Å². The molecule has 2 heterocycles. The van der Waals surface area contributed by atoms with Gasteiger partial charge in [0.2, 0.25) is 6.39 Å². The molecule has 0 unspecified atom stereocenters. The Kier molecular flexibility index (Phi) is 3.24. The van der Waals surface area contributed by atoms with Crippen molar-refractivity contribution in [1.82, 2.24) is 20.8 Å². The Morgan fingerprint density at radius 3 is 3.26 bits per heavy atom. The molecule has 1 aromatic heterocycles. The van der Waals surface area contributed by atoms with Gasteiger partial charge in [-0.1, -0.05) is 17.3 Å². The summed E-state index contributed by atoms with van der Waals surface area (Å²) in [7, 11) is 0. The molecule has 6 heteroatoms. The Bertz CT molecular complexity index is 580. The van der Waals surface area contributed by atoms with Crippen LogP contribution in [0.1, 0.15) is 27.3 Å². The van der Waals surface area contributed by atoms with Gasteiger partial charge in [0, 0.05) is 12.1 Å². The molecule has 1 aliphatic heterocycles. The predicted molar refractivity (Wildman–Crippen MR) is 67.3 cm³/mol. The zero-order valence-electron chi connectivity index (χ0n) is 10.3. The summed E-state index contributed by atoms with van der Waals surface area (Å²) in [5.41, 5.74) is 3.06. The first-order valence-corrected chi connectivity index (χ1v) is 6.19. The van der Waals surface area contributed by atoms with E-state index in [0.29, 0.717) is 5.82 Å². The van der Waals surface area contributed by atoms with Crippen LogP contribution in [-0.2, 0) is 19.5 Å². The van der Waals surface area contributed by atoms with Crippen LogP contribution in [0.5, 0.6) is 0 Å². The first-order chi connectivity index (χ1) is 9.34. The quantitative estimate of drug-likeness (QED) is 0.844. The number of nitrogens with one attached hydrogen (secondary N) is 2. The first-order valence-electron chi connectivity index (χ1n) is 6.19. The van der Waals surface area contributed by atoms with E-state index < -0.39 is 0 Å². The van der Waals surface area contributed by atoms with E-state index >= 15 is 0 Å². The number of rotatable bonds is 3. The molecule has 1 aliphatic rings. The lowest BCUT2D eigenvalue weighted by Gasteiger charge is -2.19. The van der Waals surface area contributed by atoms with Gasteiger partial charge < -0.3 is 15.2 Å². The number of benzene rings is 1. The topological polar surface area (TPSA) is 80.1 Å². The van der Waals surface area contributed by atoms with E-state index in [2.05, 4.69) is 31.4 Å². The Hall–Kier alpha value is -2.21. The minimum Gasteiger partial charge on any atom is -0.345 e. The maximum Gasteiger partial charge on any atom is 0.251 e. The maximum atomic E-state index is 12.2. The molecule has 98 valence electrons. The minimum absolute atomic E-state index is 0.0939. The number of fused-ring (bicyclic) bond motifs is 1. The average Bonchev–Trinajstić information content (AvgIpc) is 2.97. The predicted octanol–water partition coefficient (Wildman–Crippen LogP) is 0.645. The molecule has 0 spiro atoms. The zero-order chi connectivity index (χ0) is 13.1. The van der Waals surface area contributed by atoms with Gasteiger partial charge >= 0.3 is 0 Å². The molecule has 0 aliphatic carbocycles. The third kappa shape index (κ3) is 2.48. The van der Waals surface area contributed by atoms with Crippen LogP contribution < -0.4 is 10.6 Å². The van der Waals surface area contributed by atoms with Gasteiger partial charge in [-0.25, -0.2) is 0 Å². The summed E-state index contributed by atoms with van der Waals surface area (Å²) in [5, 5.41) is 9.76. The van der Waals surface area contributed by atoms with Crippen LogP contribution in [-0.4, -0.2) is 22.6 Å². The molecule has 0 saturated carbocycles. The van der Waals surface area contributed by atoms with Crippen molar-refractivity contribution < 1.29 is 9.32 Å². The molecule has 19 heavy (non-hydrogen) atoms. The molecule has 2 N–H and O–H groups in total. The number of carbonyl (C=O) groups is 1. The Morgan fingerprint density at radius 1 is 1.47 bits per heavy atom. The zero-order valence-corrected chi connectivity index (χ0v) is 10.3. The van der Waals surface area contributed by atoms with Crippen molar-refractivity contribution in [2.75, 3.05) is 6.54 Å². The van der Waals surface area contributed by atoms with Crippen molar-refractivity contribution in [2.45, 2.75) is 19.5 Å². The second-order valence-electron chi connectivity index (χ2n) is 4.40. The number of nitrogens with zero attached hydrogens (tertiary/aromatic N) is 2. The smallest absolute Gasteiger partial charge is 0.251 e. The number of hydrogen-bond acceptors (Lipinski definition) is 5. The molecule has 0 fully saturated rings. The van der Waals surface area contributed by atoms with Crippen molar-refractivity contribution in [1.29, 1.82) is 0 Å². The highest BCUT2D eigenvalue weighted by Gasteiger charge is 2.17. The van der Waals surface area contributed by atoms with Crippen LogP contribution in [0.25, 0.3) is 0 Å². The maximum absolute atomic E-state index is 12.2. The SMILES string of the molecule is O=C(NCc1ncon1)c1cccc2c1CCNC2. The lowest BCUT2D eigenvalue weighted by molar-refractivity contribution is 0.0948. The fraction of sp³-hybridized carbons (Fsp3) is 0.308. The van der Waals surface area contributed by atoms with Gasteiger partial charge in [0.15, 0.2) is 5.82 Å². The molecule has 0 atom stereocenters. The van der Waals surface area contributed by atoms with E-state index in [-0.39, 0.29) is 12.5 Å². The van der Waals surface area contributed by atoms with Gasteiger partial charge in [0.25, 0.3) is 5.91 Å². The lowest BCUT2D eigenvalue weighted by Crippen LogP contribution is -2.29. The number of amides is 1. The summed E-state index contributed by atoms with van der Waals surface area (Å²) in [5.74, 6) is 0.378. The molecule has 2 aromatic rings. The van der Waals surface area contributed by atoms with Gasteiger partial charge in [-0.3, -0.25) is 4.79 Å². The third-order valence-electron chi connectivity index (χ3n) is 3.20. The van der Waals surface area contributed by atoms with Gasteiger partial charge in [-0.05, 0) is 30.2 Å². The van der Waals surface area contributed by atoms with Gasteiger partial charge in [-0.15, -0.1) is 0 Å². The second kappa shape index (κ2) is 5.19. The monoisotopic (exact) mass is 258 g/mol. The van der Waals surface area contributed by atoms with Crippen LogP contribution in [0.4, 0.5) is 0 Å². The molecule has 0 bridgehead atoms. The van der Waals surface area contributed by atoms with Crippen LogP contribution in [0.3, 0.4) is 0 Å². The lowest BCUT2D eigenvalue weighted by atomic mass is 9.95. The fourth-order valence-corrected chi connectivity index (χ4v) is 2.27. The van der Waals surface area contributed by atoms with Crippen molar-refractivity contribution in [2.24, 2.45) is 0 Å². The number of aromatic nitrogens is 2. The summed E-state index contributed by atoms with van der Waals surface area (Å²) < 4.78 is 4.62. The van der Waals surface area contributed by atoms with E-state index in [9.17, 15) is 4.79 Å². The summed E-state index contributed by atoms with van der Waals surface area (Å²) >= 11 is 0. The minimum atomic E-state index is -0.0939. The largest absolute Gasteiger partial charge is 0.345 e. The molecule has 3 rings (SSSR count). The van der Waals surface area contributed by atoms with Crippen LogP contribution in [0.2, 0.25) is 0 Å². The Balaban J connectivity index is 1.76. The molecule has 6 nitrogen and oxygen atoms in total. The van der Waals surface area contributed by atoms with Crippen molar-refractivity contribution in [3.63, 3.8) is 0 Å². The fourth-order valence-electron chi connectivity index (χ4n) is 2.27. The standard InChI is InChI=1S/C13H14N4O2/c18-13(15-7-12-16-8-19-17-12)11-3-1-2-9-6-14-5-4-10(9)11/h1-3,8,14H,4-7H2,(H,15,18). The molecular formula is C13H14N4O2. The van der Waals surface area contributed by atoms with Crippen molar-refractivity contribution in [3.05, 3.63) is 47.1 Å². The van der Waals surface area contributed by atoms with Gasteiger partial charge in [0.05, 0.1) is 6.54 Å². The molecular weight excluding hydrogens is 244 g/mol. The highest BCUT2D eigenvalue weighted by atomic mass is 16.5. The molecule has 0 saturated heterocycles. The van der Waals surface area contributed by atoms with E-state index in [4.69, 9.17) is 0 Å². The van der Waals surface area contributed by atoms with Gasteiger partial charge in [-0.2, -0.15) is 4.98 Å². The van der Waals surface area contributed by atoms with Crippen LogP contribution >= 0.6 is 0 Å². The highest BCUT2D eigenvalue weighted by molar-refractivity contribution is 5.96. The average molecular weight is 258 g/mol. The van der Waals surface area contributed by atoms with Crippen LogP contribution in [0, 0.1) is 0 Å². The molecule has 1 aromatic carbocycles. The summed E-state index contributed by atoms with van der Waals surface area (Å²) in [6, 6.07) is 5.82. The van der Waals surface area contributed by atoms with E-state index in [1.165, 1.54) is 12.0 Å². The summed E-state index contributed by atoms with van der Waals surface area (Å²) in [4.78, 5) is 16.1. The normalized spacial score (nSPS) is 13.9. The highest BCUT2D eigenvalue weighted by Crippen LogP contribution is 2.18. The van der Waals surface area contributed by atoms with Gasteiger partial charge in [0.1, 0.15) is 0 Å². The van der Waals surface area contributed by atoms with Crippen molar-refractivity contribution >= 4 is 5.91 Å². The van der Waals surface area contributed by atoms with E-state index in [1.807, 2.05) is 12.1 Å². The summed E-state index contributed by atoms with van der Waals surface area (Å²) in [6.07, 6.45) is 2.12. The second-order valence-corrected chi connectivity index (χ2v) is 4.40. The Morgan fingerprint density at radius 2 is 2.42 bits per heavy atom. The third-order valence-corrected chi connectivity index (χ3v) is 3.20. The first kappa shape index (κ1) is 11.9. The van der Waals surface area contributed by atoms with E-state index in [0.717, 1.165) is 30.6 Å². The molecule has 0 radical (unpaired) electrons. The van der Waals surface area contributed by atoms with Crippen LogP contribution in [0.15, 0.2) is 29.1 Å². The summed E-state index contributed by atoms with van der Waals surface area (Å²) in [6.45, 7) is 2.00. The van der Waals surface area contributed by atoms with E-state index in [1.54, 1.807) is 0 Å². The number of carbonyl (C=O) groups excluding carboxylic acids is 1. The number of hydrogen-bond donors (Lipinski definition) is 2.